The zero-order chi connectivity index (χ0) is 14.3. The Labute approximate surface area is 116 Å². The fourth-order valence-corrected chi connectivity index (χ4v) is 1.44. The highest BCUT2D eigenvalue weighted by molar-refractivity contribution is 5.85. The molecule has 0 saturated heterocycles. The number of hydrogen-bond donors (Lipinski definition) is 0. The second kappa shape index (κ2) is 13.1. The summed E-state index contributed by atoms with van der Waals surface area (Å²) in [6.45, 7) is 4.21. The van der Waals surface area contributed by atoms with Crippen LogP contribution < -0.4 is 0 Å². The van der Waals surface area contributed by atoms with Crippen molar-refractivity contribution in [2.45, 2.75) is 65.2 Å². The van der Waals surface area contributed by atoms with Crippen LogP contribution in [0.4, 0.5) is 0 Å². The van der Waals surface area contributed by atoms with Gasteiger partial charge in [-0.3, -0.25) is 9.59 Å². The molecule has 0 aromatic carbocycles. The second-order valence-electron chi connectivity index (χ2n) is 4.44. The maximum absolute atomic E-state index is 11.3. The maximum atomic E-state index is 11.3. The summed E-state index contributed by atoms with van der Waals surface area (Å²) >= 11 is 0. The number of hydrogen-bond acceptors (Lipinski definition) is 3. The number of ether oxygens (including phenoxy) is 1. The van der Waals surface area contributed by atoms with Crippen molar-refractivity contribution in [3.8, 4) is 0 Å². The monoisotopic (exact) mass is 266 g/mol. The average molecular weight is 266 g/mol. The van der Waals surface area contributed by atoms with E-state index in [1.54, 1.807) is 0 Å². The van der Waals surface area contributed by atoms with Crippen molar-refractivity contribution in [1.82, 2.24) is 0 Å². The Bertz CT molecular complexity index is 273. The van der Waals surface area contributed by atoms with E-state index in [9.17, 15) is 9.59 Å². The van der Waals surface area contributed by atoms with Crippen LogP contribution in [-0.4, -0.2) is 11.9 Å². The molecule has 0 aliphatic heterocycles. The first-order valence-electron chi connectivity index (χ1n) is 7.24. The van der Waals surface area contributed by atoms with Crippen LogP contribution in [-0.2, 0) is 14.3 Å². The van der Waals surface area contributed by atoms with Crippen molar-refractivity contribution in [3.05, 3.63) is 24.3 Å². The Hall–Kier alpha value is -1.38. The van der Waals surface area contributed by atoms with Crippen molar-refractivity contribution < 1.29 is 14.3 Å². The van der Waals surface area contributed by atoms with Gasteiger partial charge in [0.1, 0.15) is 0 Å². The van der Waals surface area contributed by atoms with Crippen LogP contribution in [0.1, 0.15) is 65.2 Å². The van der Waals surface area contributed by atoms with Crippen molar-refractivity contribution >= 4 is 11.9 Å². The van der Waals surface area contributed by atoms with E-state index in [2.05, 4.69) is 13.8 Å². The van der Waals surface area contributed by atoms with Gasteiger partial charge in [-0.25, -0.2) is 0 Å². The van der Waals surface area contributed by atoms with Crippen molar-refractivity contribution in [2.75, 3.05) is 0 Å². The topological polar surface area (TPSA) is 43.4 Å². The predicted molar refractivity (Wildman–Crippen MR) is 77.7 cm³/mol. The lowest BCUT2D eigenvalue weighted by Crippen LogP contribution is -2.11. The molecule has 0 spiro atoms. The van der Waals surface area contributed by atoms with Gasteiger partial charge < -0.3 is 4.74 Å². The highest BCUT2D eigenvalue weighted by atomic mass is 16.6. The Morgan fingerprint density at radius 2 is 1.11 bits per heavy atom. The Morgan fingerprint density at radius 1 is 0.737 bits per heavy atom. The molecule has 108 valence electrons. The summed E-state index contributed by atoms with van der Waals surface area (Å²) in [5.41, 5.74) is 0. The van der Waals surface area contributed by atoms with Crippen LogP contribution in [0.15, 0.2) is 24.3 Å². The van der Waals surface area contributed by atoms with E-state index in [-0.39, 0.29) is 12.8 Å². The molecule has 0 rings (SSSR count). The van der Waals surface area contributed by atoms with E-state index in [1.807, 2.05) is 24.3 Å². The van der Waals surface area contributed by atoms with Gasteiger partial charge in [0, 0.05) is 12.8 Å². The van der Waals surface area contributed by atoms with Gasteiger partial charge in [-0.15, -0.1) is 0 Å². The van der Waals surface area contributed by atoms with Gasteiger partial charge in [-0.05, 0) is 25.7 Å². The summed E-state index contributed by atoms with van der Waals surface area (Å²) < 4.78 is 4.72. The molecule has 0 saturated carbocycles. The van der Waals surface area contributed by atoms with Crippen molar-refractivity contribution in [1.29, 1.82) is 0 Å². The lowest BCUT2D eigenvalue weighted by atomic mass is 10.2. The minimum atomic E-state index is -0.427. The fourth-order valence-electron chi connectivity index (χ4n) is 1.44. The molecule has 0 heterocycles. The minimum absolute atomic E-state index is 0.275. The molecule has 0 unspecified atom stereocenters. The van der Waals surface area contributed by atoms with Gasteiger partial charge in [0.05, 0.1) is 0 Å². The average Bonchev–Trinajstić information content (AvgIpc) is 2.38. The Kier molecular flexibility index (Phi) is 12.1. The zero-order valence-corrected chi connectivity index (χ0v) is 12.2. The molecule has 0 amide bonds. The highest BCUT2D eigenvalue weighted by Gasteiger charge is 2.08. The summed E-state index contributed by atoms with van der Waals surface area (Å²) in [5.74, 6) is -0.854. The third-order valence-electron chi connectivity index (χ3n) is 2.50. The normalized spacial score (nSPS) is 11.3. The van der Waals surface area contributed by atoms with Crippen LogP contribution in [0.3, 0.4) is 0 Å². The minimum Gasteiger partial charge on any atom is -0.393 e. The number of carbonyl (C=O) groups excluding carboxylic acids is 2. The summed E-state index contributed by atoms with van der Waals surface area (Å²) in [6.07, 6.45) is 14.1. The third kappa shape index (κ3) is 12.9. The van der Waals surface area contributed by atoms with Gasteiger partial charge in [0.15, 0.2) is 0 Å². The Balaban J connectivity index is 3.60. The third-order valence-corrected chi connectivity index (χ3v) is 2.50. The number of carbonyl (C=O) groups is 2. The molecule has 3 heteroatoms. The number of allylic oxidation sites excluding steroid dienone is 4. The van der Waals surface area contributed by atoms with E-state index in [1.165, 1.54) is 0 Å². The van der Waals surface area contributed by atoms with Crippen molar-refractivity contribution in [3.63, 3.8) is 0 Å². The van der Waals surface area contributed by atoms with E-state index >= 15 is 0 Å². The standard InChI is InChI=1S/C16H26O3/c1-3-5-7-9-11-13-15(17)19-16(18)14-12-10-8-6-4-2/h7-10H,3-6,11-14H2,1-2H3. The SMILES string of the molecule is CCCC=CCCC(=O)OC(=O)CCC=CCCC. The lowest BCUT2D eigenvalue weighted by molar-refractivity contribution is -0.159. The first-order valence-corrected chi connectivity index (χ1v) is 7.24. The van der Waals surface area contributed by atoms with Crippen LogP contribution >= 0.6 is 0 Å². The first-order chi connectivity index (χ1) is 9.20. The van der Waals surface area contributed by atoms with E-state index < -0.39 is 11.9 Å². The van der Waals surface area contributed by atoms with Crippen LogP contribution in [0.2, 0.25) is 0 Å². The zero-order valence-electron chi connectivity index (χ0n) is 12.2. The second-order valence-corrected chi connectivity index (χ2v) is 4.44. The first kappa shape index (κ1) is 17.6. The lowest BCUT2D eigenvalue weighted by Gasteiger charge is -2.00. The molecule has 0 radical (unpaired) electrons. The molecule has 0 fully saturated rings. The van der Waals surface area contributed by atoms with E-state index in [0.717, 1.165) is 25.7 Å². The molecule has 0 N–H and O–H groups in total. The quantitative estimate of drug-likeness (QED) is 0.336. The van der Waals surface area contributed by atoms with E-state index in [0.29, 0.717) is 12.8 Å². The summed E-state index contributed by atoms with van der Waals surface area (Å²) in [7, 11) is 0. The fraction of sp³-hybridized carbons (Fsp3) is 0.625. The Morgan fingerprint density at radius 3 is 1.47 bits per heavy atom. The smallest absolute Gasteiger partial charge is 0.313 e. The van der Waals surface area contributed by atoms with Crippen LogP contribution in [0.25, 0.3) is 0 Å². The molecule has 0 aliphatic carbocycles. The van der Waals surface area contributed by atoms with E-state index in [4.69, 9.17) is 4.74 Å². The molecule has 0 bridgehead atoms. The summed E-state index contributed by atoms with van der Waals surface area (Å²) in [6, 6.07) is 0. The number of unbranched alkanes of at least 4 members (excludes halogenated alkanes) is 2. The van der Waals surface area contributed by atoms with Gasteiger partial charge in [0.2, 0.25) is 0 Å². The molecule has 0 aromatic heterocycles. The number of rotatable bonds is 10. The molecule has 0 aromatic rings. The van der Waals surface area contributed by atoms with Crippen molar-refractivity contribution in [2.24, 2.45) is 0 Å². The largest absolute Gasteiger partial charge is 0.393 e. The van der Waals surface area contributed by atoms with Crippen LogP contribution in [0.5, 0.6) is 0 Å². The predicted octanol–water partition coefficient (Wildman–Crippen LogP) is 4.33. The van der Waals surface area contributed by atoms with Gasteiger partial charge in [-0.2, -0.15) is 0 Å². The van der Waals surface area contributed by atoms with Gasteiger partial charge >= 0.3 is 11.9 Å². The summed E-state index contributed by atoms with van der Waals surface area (Å²) in [4.78, 5) is 22.7. The molecule has 19 heavy (non-hydrogen) atoms. The molecule has 0 aliphatic rings. The number of esters is 2. The highest BCUT2D eigenvalue weighted by Crippen LogP contribution is 2.01. The molecular formula is C16H26O3. The van der Waals surface area contributed by atoms with Gasteiger partial charge in [0.25, 0.3) is 0 Å². The molecule has 3 nitrogen and oxygen atoms in total. The molecule has 0 atom stereocenters. The molecular weight excluding hydrogens is 240 g/mol. The van der Waals surface area contributed by atoms with Crippen LogP contribution in [0, 0.1) is 0 Å². The summed E-state index contributed by atoms with van der Waals surface area (Å²) in [5, 5.41) is 0. The van der Waals surface area contributed by atoms with Gasteiger partial charge in [-0.1, -0.05) is 51.0 Å². The maximum Gasteiger partial charge on any atom is 0.313 e.